The average Bonchev–Trinajstić information content (AvgIpc) is 2.69. The zero-order chi connectivity index (χ0) is 8.60. The summed E-state index contributed by atoms with van der Waals surface area (Å²) in [4.78, 5) is 0. The van der Waals surface area contributed by atoms with Gasteiger partial charge in [0.05, 0.1) is 0 Å². The minimum absolute atomic E-state index is 0.602. The van der Waals surface area contributed by atoms with Gasteiger partial charge in [-0.3, -0.25) is 0 Å². The van der Waals surface area contributed by atoms with E-state index in [4.69, 9.17) is 0 Å². The monoisotopic (exact) mass is 167 g/mol. The molecule has 0 radical (unpaired) electrons. The van der Waals surface area contributed by atoms with Crippen LogP contribution in [-0.2, 0) is 0 Å². The van der Waals surface area contributed by atoms with Crippen molar-refractivity contribution in [1.82, 2.24) is 5.32 Å². The summed E-state index contributed by atoms with van der Waals surface area (Å²) in [5.74, 6) is 0. The maximum Gasteiger partial charge on any atom is 0.00747 e. The van der Waals surface area contributed by atoms with Crippen molar-refractivity contribution in [2.24, 2.45) is 5.41 Å². The van der Waals surface area contributed by atoms with Gasteiger partial charge in [0.15, 0.2) is 0 Å². The van der Waals surface area contributed by atoms with Crippen LogP contribution in [0.4, 0.5) is 0 Å². The number of nitrogens with one attached hydrogen (secondary N) is 1. The lowest BCUT2D eigenvalue weighted by Crippen LogP contribution is -2.38. The molecule has 0 aromatic rings. The van der Waals surface area contributed by atoms with Crippen LogP contribution >= 0.6 is 0 Å². The van der Waals surface area contributed by atoms with Gasteiger partial charge in [-0.25, -0.2) is 0 Å². The lowest BCUT2D eigenvalue weighted by molar-refractivity contribution is 0.197. The Hall–Kier alpha value is -0.0400. The molecule has 0 aromatic heterocycles. The second-order valence-corrected chi connectivity index (χ2v) is 5.40. The molecule has 0 spiro atoms. The fraction of sp³-hybridized carbons (Fsp3) is 1.00. The lowest BCUT2D eigenvalue weighted by Gasteiger charge is -2.35. The van der Waals surface area contributed by atoms with Crippen molar-refractivity contribution >= 4 is 0 Å². The van der Waals surface area contributed by atoms with Crippen LogP contribution in [0.5, 0.6) is 0 Å². The SMILES string of the molecule is CC1(C)CCCC(NC2CC2)C1. The van der Waals surface area contributed by atoms with E-state index in [-0.39, 0.29) is 0 Å². The maximum atomic E-state index is 3.75. The first-order valence-corrected chi connectivity index (χ1v) is 5.42. The quantitative estimate of drug-likeness (QED) is 0.667. The predicted molar refractivity (Wildman–Crippen MR) is 52.2 cm³/mol. The van der Waals surface area contributed by atoms with Crippen molar-refractivity contribution in [2.45, 2.75) is 64.5 Å². The highest BCUT2D eigenvalue weighted by atomic mass is 15.0. The fourth-order valence-corrected chi connectivity index (χ4v) is 2.42. The Bertz CT molecular complexity index is 158. The molecule has 0 aromatic carbocycles. The third-order valence-corrected chi connectivity index (χ3v) is 3.25. The van der Waals surface area contributed by atoms with Crippen LogP contribution in [0.25, 0.3) is 0 Å². The molecular formula is C11H21N. The third kappa shape index (κ3) is 2.22. The van der Waals surface area contributed by atoms with Gasteiger partial charge in [0.25, 0.3) is 0 Å². The molecule has 0 amide bonds. The highest BCUT2D eigenvalue weighted by Crippen LogP contribution is 2.36. The average molecular weight is 167 g/mol. The Labute approximate surface area is 75.9 Å². The van der Waals surface area contributed by atoms with Gasteiger partial charge in [0.2, 0.25) is 0 Å². The van der Waals surface area contributed by atoms with Crippen molar-refractivity contribution in [3.8, 4) is 0 Å². The summed E-state index contributed by atoms with van der Waals surface area (Å²) in [6, 6.07) is 1.73. The Kier molecular flexibility index (Phi) is 2.16. The smallest absolute Gasteiger partial charge is 0.00747 e. The molecule has 2 saturated carbocycles. The molecule has 1 heteroatoms. The van der Waals surface area contributed by atoms with E-state index in [9.17, 15) is 0 Å². The van der Waals surface area contributed by atoms with Gasteiger partial charge >= 0.3 is 0 Å². The molecule has 0 bridgehead atoms. The summed E-state index contributed by atoms with van der Waals surface area (Å²) < 4.78 is 0. The number of hydrogen-bond acceptors (Lipinski definition) is 1. The molecule has 0 heterocycles. The topological polar surface area (TPSA) is 12.0 Å². The van der Waals surface area contributed by atoms with E-state index in [2.05, 4.69) is 19.2 Å². The van der Waals surface area contributed by atoms with Crippen LogP contribution < -0.4 is 5.32 Å². The molecule has 1 unspecified atom stereocenters. The van der Waals surface area contributed by atoms with Crippen LogP contribution in [0.2, 0.25) is 0 Å². The van der Waals surface area contributed by atoms with Crippen LogP contribution in [0.3, 0.4) is 0 Å². The lowest BCUT2D eigenvalue weighted by atomic mass is 9.75. The predicted octanol–water partition coefficient (Wildman–Crippen LogP) is 2.71. The summed E-state index contributed by atoms with van der Waals surface area (Å²) >= 11 is 0. The Morgan fingerprint density at radius 1 is 1.08 bits per heavy atom. The summed E-state index contributed by atoms with van der Waals surface area (Å²) in [7, 11) is 0. The third-order valence-electron chi connectivity index (χ3n) is 3.25. The highest BCUT2D eigenvalue weighted by molar-refractivity contribution is 4.89. The molecular weight excluding hydrogens is 146 g/mol. The molecule has 1 nitrogen and oxygen atoms in total. The van der Waals surface area contributed by atoms with Crippen LogP contribution in [0, 0.1) is 5.41 Å². The molecule has 2 rings (SSSR count). The van der Waals surface area contributed by atoms with Gasteiger partial charge in [-0.05, 0) is 37.5 Å². The minimum atomic E-state index is 0.602. The van der Waals surface area contributed by atoms with Crippen LogP contribution in [0.15, 0.2) is 0 Å². The Balaban J connectivity index is 1.81. The first kappa shape index (κ1) is 8.55. The number of hydrogen-bond donors (Lipinski definition) is 1. The summed E-state index contributed by atoms with van der Waals surface area (Å²) in [6.45, 7) is 4.82. The first-order chi connectivity index (χ1) is 5.66. The van der Waals surface area contributed by atoms with Crippen molar-refractivity contribution in [3.05, 3.63) is 0 Å². The number of rotatable bonds is 2. The van der Waals surface area contributed by atoms with E-state index in [0.717, 1.165) is 12.1 Å². The molecule has 2 fully saturated rings. The molecule has 12 heavy (non-hydrogen) atoms. The molecule has 2 aliphatic carbocycles. The second kappa shape index (κ2) is 3.02. The van der Waals surface area contributed by atoms with Crippen LogP contribution in [-0.4, -0.2) is 12.1 Å². The van der Waals surface area contributed by atoms with Gasteiger partial charge in [-0.2, -0.15) is 0 Å². The highest BCUT2D eigenvalue weighted by Gasteiger charge is 2.31. The normalized spacial score (nSPS) is 35.0. The van der Waals surface area contributed by atoms with E-state index in [0.29, 0.717) is 5.41 Å². The van der Waals surface area contributed by atoms with E-state index in [1.54, 1.807) is 0 Å². The molecule has 2 aliphatic rings. The molecule has 0 saturated heterocycles. The van der Waals surface area contributed by atoms with E-state index < -0.39 is 0 Å². The Morgan fingerprint density at radius 2 is 1.83 bits per heavy atom. The van der Waals surface area contributed by atoms with Crippen molar-refractivity contribution in [1.29, 1.82) is 0 Å². The fourth-order valence-electron chi connectivity index (χ4n) is 2.42. The molecule has 1 N–H and O–H groups in total. The van der Waals surface area contributed by atoms with Gasteiger partial charge in [-0.15, -0.1) is 0 Å². The molecule has 0 aliphatic heterocycles. The Morgan fingerprint density at radius 3 is 2.42 bits per heavy atom. The maximum absolute atomic E-state index is 3.75. The standard InChI is InChI=1S/C11H21N/c1-11(2)7-3-4-10(8-11)12-9-5-6-9/h9-10,12H,3-8H2,1-2H3. The van der Waals surface area contributed by atoms with Gasteiger partial charge in [0.1, 0.15) is 0 Å². The minimum Gasteiger partial charge on any atom is -0.311 e. The zero-order valence-electron chi connectivity index (χ0n) is 8.40. The molecule has 1 atom stereocenters. The van der Waals surface area contributed by atoms with Crippen molar-refractivity contribution in [2.75, 3.05) is 0 Å². The molecule has 70 valence electrons. The van der Waals surface area contributed by atoms with Gasteiger partial charge in [-0.1, -0.05) is 20.3 Å². The van der Waals surface area contributed by atoms with Crippen molar-refractivity contribution < 1.29 is 0 Å². The van der Waals surface area contributed by atoms with E-state index in [1.807, 2.05) is 0 Å². The second-order valence-electron chi connectivity index (χ2n) is 5.40. The van der Waals surface area contributed by atoms with Crippen LogP contribution in [0.1, 0.15) is 52.4 Å². The van der Waals surface area contributed by atoms with E-state index >= 15 is 0 Å². The summed E-state index contributed by atoms with van der Waals surface area (Å²) in [6.07, 6.45) is 8.52. The van der Waals surface area contributed by atoms with E-state index in [1.165, 1.54) is 38.5 Å². The first-order valence-electron chi connectivity index (χ1n) is 5.42. The zero-order valence-corrected chi connectivity index (χ0v) is 8.40. The van der Waals surface area contributed by atoms with Gasteiger partial charge in [0, 0.05) is 12.1 Å². The van der Waals surface area contributed by atoms with Gasteiger partial charge < -0.3 is 5.32 Å². The summed E-state index contributed by atoms with van der Waals surface area (Å²) in [5, 5.41) is 3.75. The summed E-state index contributed by atoms with van der Waals surface area (Å²) in [5.41, 5.74) is 0.602. The largest absolute Gasteiger partial charge is 0.311 e. The van der Waals surface area contributed by atoms with Crippen molar-refractivity contribution in [3.63, 3.8) is 0 Å².